The van der Waals surface area contributed by atoms with E-state index in [9.17, 15) is 47.9 Å². The first-order chi connectivity index (χ1) is 17.4. The molecule has 0 fully saturated rings. The zero-order chi connectivity index (χ0) is 29.0. The highest BCUT2D eigenvalue weighted by molar-refractivity contribution is 7.91. The van der Waals surface area contributed by atoms with E-state index in [4.69, 9.17) is 0 Å². The largest absolute Gasteiger partial charge is 0.460 e. The maximum atomic E-state index is 14.1. The van der Waals surface area contributed by atoms with E-state index in [0.717, 1.165) is 36.0 Å². The maximum absolute atomic E-state index is 14.1. The molecule has 2 rings (SSSR count). The molecule has 0 atom stereocenters. The molecule has 210 valence electrons. The molecule has 0 saturated carbocycles. The molecule has 0 unspecified atom stereocenters. The molecule has 0 radical (unpaired) electrons. The summed E-state index contributed by atoms with van der Waals surface area (Å²) in [5.41, 5.74) is 3.12. The van der Waals surface area contributed by atoms with Gasteiger partial charge in [0.25, 0.3) is 0 Å². The lowest BCUT2D eigenvalue weighted by Crippen LogP contribution is -2.63. The molecule has 2 aliphatic rings. The van der Waals surface area contributed by atoms with E-state index in [2.05, 4.69) is 9.82 Å². The van der Waals surface area contributed by atoms with Crippen LogP contribution in [0.3, 0.4) is 0 Å². The van der Waals surface area contributed by atoms with Crippen LogP contribution >= 0.6 is 0 Å². The summed E-state index contributed by atoms with van der Waals surface area (Å²) in [4.78, 5) is 2.01. The van der Waals surface area contributed by atoms with Crippen LogP contribution in [0.25, 0.3) is 5.43 Å². The summed E-state index contributed by atoms with van der Waals surface area (Å²) in [6, 6.07) is 0. The van der Waals surface area contributed by atoms with Gasteiger partial charge < -0.3 is 10.3 Å². The Balaban J connectivity index is 2.38. The molecular formula is C22H21F9N4O2S. The molecule has 6 nitrogen and oxygen atoms in total. The highest BCUT2D eigenvalue weighted by Gasteiger charge is 2.85. The van der Waals surface area contributed by atoms with Crippen LogP contribution in [0.2, 0.25) is 0 Å². The van der Waals surface area contributed by atoms with E-state index >= 15 is 0 Å². The van der Waals surface area contributed by atoms with Crippen LogP contribution in [0.1, 0.15) is 13.8 Å². The normalized spacial score (nSPS) is 20.5. The first-order valence-electron chi connectivity index (χ1n) is 10.7. The number of hydrogen-bond acceptors (Lipinski definition) is 3. The van der Waals surface area contributed by atoms with Crippen molar-refractivity contribution in [2.45, 2.75) is 37.1 Å². The van der Waals surface area contributed by atoms with Crippen molar-refractivity contribution in [2.75, 3.05) is 13.1 Å². The summed E-state index contributed by atoms with van der Waals surface area (Å²) in [6.45, 7) is 5.53. The van der Waals surface area contributed by atoms with Gasteiger partial charge in [0.05, 0.1) is 0 Å². The third-order valence-electron chi connectivity index (χ3n) is 5.04. The number of hydrogen-bond donors (Lipinski definition) is 0. The van der Waals surface area contributed by atoms with Crippen molar-refractivity contribution in [3.63, 3.8) is 0 Å². The van der Waals surface area contributed by atoms with Gasteiger partial charge in [-0.25, -0.2) is 4.68 Å². The van der Waals surface area contributed by atoms with Crippen molar-refractivity contribution in [1.82, 2.24) is 4.90 Å². The number of nitrogens with zero attached hydrogens (tertiary/aromatic N) is 4. The smallest absolute Gasteiger partial charge is 0.411 e. The zero-order valence-electron chi connectivity index (χ0n) is 19.7. The molecule has 16 heteroatoms. The molecule has 0 spiro atoms. The van der Waals surface area contributed by atoms with Gasteiger partial charge in [-0.1, -0.05) is 24.3 Å². The summed E-state index contributed by atoms with van der Waals surface area (Å²) in [5, 5.41) is -6.93. The Morgan fingerprint density at radius 2 is 1.53 bits per heavy atom. The van der Waals surface area contributed by atoms with Gasteiger partial charge >= 0.3 is 33.3 Å². The highest BCUT2D eigenvalue weighted by Crippen LogP contribution is 2.55. The predicted molar refractivity (Wildman–Crippen MR) is 123 cm³/mol. The topological polar surface area (TPSA) is 66.8 Å². The molecule has 38 heavy (non-hydrogen) atoms. The van der Waals surface area contributed by atoms with E-state index in [-0.39, 0.29) is 5.71 Å². The summed E-state index contributed by atoms with van der Waals surface area (Å²) >= 11 is 0. The second-order valence-electron chi connectivity index (χ2n) is 7.55. The molecule has 1 aliphatic carbocycles. The fourth-order valence-corrected chi connectivity index (χ4v) is 3.81. The van der Waals surface area contributed by atoms with E-state index < -0.39 is 39.0 Å². The van der Waals surface area contributed by atoms with Crippen LogP contribution in [0.4, 0.5) is 39.5 Å². The Labute approximate surface area is 212 Å². The quantitative estimate of drug-likeness (QED) is 0.149. The number of halogens is 9. The van der Waals surface area contributed by atoms with E-state index in [1.54, 1.807) is 18.2 Å². The average molecular weight is 576 g/mol. The highest BCUT2D eigenvalue weighted by atomic mass is 32.2. The molecular weight excluding hydrogens is 555 g/mol. The van der Waals surface area contributed by atoms with Gasteiger partial charge in [0, 0.05) is 25.2 Å². The minimum Gasteiger partial charge on any atom is -0.411 e. The van der Waals surface area contributed by atoms with Crippen molar-refractivity contribution < 1.29 is 52.6 Å². The van der Waals surface area contributed by atoms with Crippen LogP contribution in [-0.4, -0.2) is 65.8 Å². The average Bonchev–Trinajstić information content (AvgIpc) is 2.83. The lowest BCUT2D eigenvalue weighted by Gasteiger charge is -2.32. The predicted octanol–water partition coefficient (Wildman–Crippen LogP) is 5.87. The second kappa shape index (κ2) is 11.2. The summed E-state index contributed by atoms with van der Waals surface area (Å²) < 4.78 is 146. The Morgan fingerprint density at radius 3 is 2.05 bits per heavy atom. The SMILES string of the molecule is CCN(/C=C/C=C/C1=C[N-]/[N+](=C2\C=CC=C\C2=N/S(=O)(=O)C(F)(F)C(F)(F)C(F)(F)C(F)(F)F)C=C1)CC. The maximum Gasteiger partial charge on any atom is 0.460 e. The van der Waals surface area contributed by atoms with Gasteiger partial charge in [0.1, 0.15) is 5.71 Å². The lowest BCUT2D eigenvalue weighted by atomic mass is 10.1. The summed E-state index contributed by atoms with van der Waals surface area (Å²) in [5.74, 6) is -14.8. The van der Waals surface area contributed by atoms with Crippen molar-refractivity contribution >= 4 is 21.4 Å². The molecule has 0 aromatic heterocycles. The van der Waals surface area contributed by atoms with Gasteiger partial charge in [0.15, 0.2) is 6.20 Å². The molecule has 0 aromatic rings. The van der Waals surface area contributed by atoms with Gasteiger partial charge in [0.2, 0.25) is 5.71 Å². The van der Waals surface area contributed by atoms with Gasteiger partial charge in [-0.05, 0) is 37.8 Å². The molecule has 0 N–H and O–H groups in total. The molecule has 1 heterocycles. The van der Waals surface area contributed by atoms with Crippen molar-refractivity contribution in [2.24, 2.45) is 4.40 Å². The lowest BCUT2D eigenvalue weighted by molar-refractivity contribution is -0.394. The number of sulfonamides is 1. The third-order valence-corrected chi connectivity index (χ3v) is 6.38. The summed E-state index contributed by atoms with van der Waals surface area (Å²) in [7, 11) is -6.98. The number of alkyl halides is 9. The summed E-state index contributed by atoms with van der Waals surface area (Å²) in [6.07, 6.45) is 7.80. The number of rotatable bonds is 9. The standard InChI is InChI=1S/C22H21F9N4O2S/c1-3-34(4-2)13-8-7-9-16-12-14-35(32-15-16)18-11-6-5-10-17(18)33-38(36,37)22(30,31)20(25,26)19(23,24)21(27,28)29/h5-15H,3-4H2,1-2H3/b9-7+,13-8+,33-17+,35-18+. The minimum absolute atomic E-state index is 0.380. The van der Waals surface area contributed by atoms with Crippen LogP contribution < -0.4 is 0 Å². The van der Waals surface area contributed by atoms with Crippen LogP contribution in [0.15, 0.2) is 77.2 Å². The van der Waals surface area contributed by atoms with Gasteiger partial charge in [-0.2, -0.15) is 52.3 Å². The minimum atomic E-state index is -7.38. The molecule has 0 aromatic carbocycles. The Bertz CT molecular complexity index is 1250. The van der Waals surface area contributed by atoms with Crippen LogP contribution in [0, 0.1) is 0 Å². The fourth-order valence-electron chi connectivity index (χ4n) is 2.83. The molecule has 0 saturated heterocycles. The first-order valence-corrected chi connectivity index (χ1v) is 12.1. The zero-order valence-corrected chi connectivity index (χ0v) is 20.5. The van der Waals surface area contributed by atoms with Crippen molar-refractivity contribution in [3.05, 3.63) is 78.2 Å². The van der Waals surface area contributed by atoms with Crippen molar-refractivity contribution in [3.8, 4) is 0 Å². The van der Waals surface area contributed by atoms with Gasteiger partial charge in [-0.15, -0.1) is 6.20 Å². The Kier molecular flexibility index (Phi) is 9.12. The fraction of sp³-hybridized carbons (Fsp3) is 0.364. The molecule has 1 aliphatic heterocycles. The Morgan fingerprint density at radius 1 is 0.921 bits per heavy atom. The monoisotopic (exact) mass is 576 g/mol. The number of allylic oxidation sites excluding steroid dienone is 9. The van der Waals surface area contributed by atoms with E-state index in [0.29, 0.717) is 5.57 Å². The van der Waals surface area contributed by atoms with Crippen molar-refractivity contribution in [1.29, 1.82) is 0 Å². The third kappa shape index (κ3) is 6.05. The first kappa shape index (κ1) is 30.9. The molecule has 0 bridgehead atoms. The van der Waals surface area contributed by atoms with Gasteiger partial charge in [-0.3, -0.25) is 0 Å². The van der Waals surface area contributed by atoms with Crippen LogP contribution in [0.5, 0.6) is 0 Å². The second-order valence-corrected chi connectivity index (χ2v) is 9.19. The van der Waals surface area contributed by atoms with Crippen LogP contribution in [-0.2, 0) is 10.0 Å². The molecule has 0 amide bonds. The van der Waals surface area contributed by atoms with E-state index in [1.807, 2.05) is 24.9 Å². The van der Waals surface area contributed by atoms with E-state index in [1.165, 1.54) is 24.6 Å². The Hall–Kier alpha value is -3.30.